The van der Waals surface area contributed by atoms with Crippen LogP contribution in [-0.4, -0.2) is 96.1 Å². The summed E-state index contributed by atoms with van der Waals surface area (Å²) in [7, 11) is 2.11. The number of hydrogen-bond acceptors (Lipinski definition) is 8. The topological polar surface area (TPSA) is 122 Å². The fraction of sp³-hybridized carbons (Fsp3) is 0.467. The molecule has 5 rings (SSSR count). The number of anilines is 2. The van der Waals surface area contributed by atoms with Crippen molar-refractivity contribution in [1.82, 2.24) is 24.8 Å². The molecule has 0 saturated carbocycles. The van der Waals surface area contributed by atoms with Crippen molar-refractivity contribution >= 4 is 23.2 Å². The summed E-state index contributed by atoms with van der Waals surface area (Å²) in [5, 5.41) is 10.9. The first kappa shape index (κ1) is 29.6. The van der Waals surface area contributed by atoms with Crippen molar-refractivity contribution in [3.8, 4) is 0 Å². The van der Waals surface area contributed by atoms with E-state index in [-0.39, 0.29) is 23.5 Å². The van der Waals surface area contributed by atoms with Gasteiger partial charge in [-0.1, -0.05) is 11.3 Å². The van der Waals surface area contributed by atoms with Crippen LogP contribution in [0.3, 0.4) is 0 Å². The Labute approximate surface area is 245 Å². The third kappa shape index (κ3) is 6.77. The molecule has 11 nitrogen and oxygen atoms in total. The van der Waals surface area contributed by atoms with Crippen LogP contribution in [0.15, 0.2) is 36.5 Å². The van der Waals surface area contributed by atoms with Crippen LogP contribution in [0.4, 0.5) is 15.8 Å². The summed E-state index contributed by atoms with van der Waals surface area (Å²) in [5.74, 6) is -1.16. The van der Waals surface area contributed by atoms with Crippen LogP contribution in [0, 0.1) is 19.7 Å². The highest BCUT2D eigenvalue weighted by molar-refractivity contribution is 6.06. The minimum Gasteiger partial charge on any atom is -0.378 e. The van der Waals surface area contributed by atoms with E-state index in [2.05, 4.69) is 55.6 Å². The molecule has 2 aliphatic heterocycles. The van der Waals surface area contributed by atoms with Gasteiger partial charge in [-0.05, 0) is 68.3 Å². The number of nitrogens with zero attached hydrogens (tertiary/aromatic N) is 6. The first-order chi connectivity index (χ1) is 20.2. The van der Waals surface area contributed by atoms with Gasteiger partial charge in [0.1, 0.15) is 5.82 Å². The highest BCUT2D eigenvalue weighted by Crippen LogP contribution is 2.34. The highest BCUT2D eigenvalue weighted by Gasteiger charge is 2.27. The summed E-state index contributed by atoms with van der Waals surface area (Å²) in [5.41, 5.74) is 9.51. The predicted molar refractivity (Wildman–Crippen MR) is 158 cm³/mol. The number of aromatic nitrogens is 3. The van der Waals surface area contributed by atoms with E-state index in [0.717, 1.165) is 62.6 Å². The second kappa shape index (κ2) is 13.0. The summed E-state index contributed by atoms with van der Waals surface area (Å²) in [6.07, 6.45) is 2.36. The van der Waals surface area contributed by atoms with Crippen molar-refractivity contribution in [2.24, 2.45) is 5.73 Å². The molecule has 3 aromatic rings. The number of carbonyl (C=O) groups excluding carboxylic acids is 2. The number of benzene rings is 2. The summed E-state index contributed by atoms with van der Waals surface area (Å²) >= 11 is 0. The van der Waals surface area contributed by atoms with Gasteiger partial charge in [-0.15, -0.1) is 5.10 Å². The van der Waals surface area contributed by atoms with Gasteiger partial charge in [-0.3, -0.25) is 19.2 Å². The summed E-state index contributed by atoms with van der Waals surface area (Å²) in [4.78, 5) is 31.7. The summed E-state index contributed by atoms with van der Waals surface area (Å²) < 4.78 is 21.8. The zero-order valence-electron chi connectivity index (χ0n) is 24.5. The fourth-order valence-electron chi connectivity index (χ4n) is 5.62. The predicted octanol–water partition coefficient (Wildman–Crippen LogP) is 2.60. The molecule has 2 fully saturated rings. The Hall–Kier alpha value is -3.87. The molecule has 2 amide bonds. The summed E-state index contributed by atoms with van der Waals surface area (Å²) in [6.45, 7) is 10.2. The molecule has 0 radical (unpaired) electrons. The minimum absolute atomic E-state index is 0.00294. The number of aryl methyl sites for hydroxylation is 3. The summed E-state index contributed by atoms with van der Waals surface area (Å²) in [6, 6.07) is 9.45. The smallest absolute Gasteiger partial charge is 0.270 e. The fourth-order valence-corrected chi connectivity index (χ4v) is 5.62. The standard InChI is InChI=1S/C30H39FN8O3/c1-20-15-23(16-21(2)28(20)31)30(41)33-24-17-22(5-6-26(24)38-11-9-36(3)10-12-38)27-19-42-14-13-37(27)7-4-8-39-18-25(29(32)40)34-35-39/h5-6,15-18,27H,4,7-14,19H2,1-3H3,(H2,32,40)(H,33,41). The number of likely N-dealkylation sites (N-methyl/N-ethyl adjacent to an activating group) is 1. The Kier molecular flexibility index (Phi) is 9.15. The second-order valence-corrected chi connectivity index (χ2v) is 11.2. The van der Waals surface area contributed by atoms with Crippen LogP contribution >= 0.6 is 0 Å². The van der Waals surface area contributed by atoms with Gasteiger partial charge >= 0.3 is 0 Å². The molecule has 2 saturated heterocycles. The van der Waals surface area contributed by atoms with E-state index in [9.17, 15) is 14.0 Å². The zero-order chi connectivity index (χ0) is 29.8. The lowest BCUT2D eigenvalue weighted by atomic mass is 10.0. The number of nitrogens with two attached hydrogens (primary N) is 1. The van der Waals surface area contributed by atoms with Gasteiger partial charge in [0, 0.05) is 51.4 Å². The number of rotatable bonds is 9. The molecule has 2 aliphatic rings. The molecule has 1 aromatic heterocycles. The second-order valence-electron chi connectivity index (χ2n) is 11.2. The molecule has 1 unspecified atom stereocenters. The maximum absolute atomic E-state index is 14.3. The molecular weight excluding hydrogens is 539 g/mol. The molecule has 42 heavy (non-hydrogen) atoms. The number of hydrogen-bond donors (Lipinski definition) is 2. The molecule has 0 aliphatic carbocycles. The quantitative estimate of drug-likeness (QED) is 0.398. The van der Waals surface area contributed by atoms with Crippen LogP contribution in [0.5, 0.6) is 0 Å². The number of carbonyl (C=O) groups is 2. The van der Waals surface area contributed by atoms with Gasteiger partial charge in [0.2, 0.25) is 0 Å². The molecular formula is C30H39FN8O3. The number of primary amides is 1. The van der Waals surface area contributed by atoms with Gasteiger partial charge < -0.3 is 25.6 Å². The number of nitrogens with one attached hydrogen (secondary N) is 1. The Morgan fingerprint density at radius 1 is 1.07 bits per heavy atom. The molecule has 0 bridgehead atoms. The SMILES string of the molecule is Cc1cc(C(=O)Nc2cc(C3COCCN3CCCn3cc(C(N)=O)nn3)ccc2N2CCN(C)CC2)cc(C)c1F. The Bertz CT molecular complexity index is 1410. The lowest BCUT2D eigenvalue weighted by Crippen LogP contribution is -2.44. The first-order valence-electron chi connectivity index (χ1n) is 14.4. The number of halogens is 1. The van der Waals surface area contributed by atoms with Crippen LogP contribution in [0.1, 0.15) is 50.0 Å². The minimum atomic E-state index is -0.595. The van der Waals surface area contributed by atoms with Crippen LogP contribution in [0.2, 0.25) is 0 Å². The third-order valence-corrected chi connectivity index (χ3v) is 8.06. The number of piperazine rings is 1. The van der Waals surface area contributed by atoms with Crippen molar-refractivity contribution < 1.29 is 18.7 Å². The number of amides is 2. The lowest BCUT2D eigenvalue weighted by molar-refractivity contribution is -0.00938. The Balaban J connectivity index is 1.37. The molecule has 0 spiro atoms. The van der Waals surface area contributed by atoms with E-state index in [1.54, 1.807) is 36.9 Å². The van der Waals surface area contributed by atoms with Crippen molar-refractivity contribution in [1.29, 1.82) is 0 Å². The molecule has 1 atom stereocenters. The maximum Gasteiger partial charge on any atom is 0.270 e. The maximum atomic E-state index is 14.3. The Morgan fingerprint density at radius 3 is 2.50 bits per heavy atom. The molecule has 3 N–H and O–H groups in total. The van der Waals surface area contributed by atoms with E-state index < -0.39 is 5.91 Å². The number of ether oxygens (including phenoxy) is 1. The van der Waals surface area contributed by atoms with Crippen LogP contribution < -0.4 is 16.0 Å². The van der Waals surface area contributed by atoms with Gasteiger partial charge in [0.25, 0.3) is 11.8 Å². The monoisotopic (exact) mass is 578 g/mol. The molecule has 2 aromatic carbocycles. The van der Waals surface area contributed by atoms with Crippen molar-refractivity contribution in [3.05, 3.63) is 70.3 Å². The van der Waals surface area contributed by atoms with Crippen molar-refractivity contribution in [2.75, 3.05) is 69.7 Å². The van der Waals surface area contributed by atoms with Crippen molar-refractivity contribution in [3.63, 3.8) is 0 Å². The van der Waals surface area contributed by atoms with Gasteiger partial charge in [-0.2, -0.15) is 0 Å². The van der Waals surface area contributed by atoms with Crippen LogP contribution in [-0.2, 0) is 11.3 Å². The van der Waals surface area contributed by atoms with Crippen molar-refractivity contribution in [2.45, 2.75) is 32.9 Å². The Morgan fingerprint density at radius 2 is 1.81 bits per heavy atom. The molecule has 3 heterocycles. The largest absolute Gasteiger partial charge is 0.378 e. The average Bonchev–Trinajstić information content (AvgIpc) is 3.46. The van der Waals surface area contributed by atoms with Gasteiger partial charge in [-0.25, -0.2) is 4.39 Å². The average molecular weight is 579 g/mol. The van der Waals surface area contributed by atoms with E-state index in [1.807, 2.05) is 0 Å². The van der Waals surface area contributed by atoms with E-state index >= 15 is 0 Å². The van der Waals surface area contributed by atoms with E-state index in [1.165, 1.54) is 0 Å². The van der Waals surface area contributed by atoms with Crippen LogP contribution in [0.25, 0.3) is 0 Å². The molecule has 12 heteroatoms. The van der Waals surface area contributed by atoms with E-state index in [4.69, 9.17) is 10.5 Å². The van der Waals surface area contributed by atoms with Gasteiger partial charge in [0.05, 0.1) is 36.8 Å². The normalized spacial score (nSPS) is 18.3. The zero-order valence-corrected chi connectivity index (χ0v) is 24.5. The molecule has 224 valence electrons. The van der Waals surface area contributed by atoms with E-state index in [0.29, 0.717) is 36.4 Å². The highest BCUT2D eigenvalue weighted by atomic mass is 19.1. The lowest BCUT2D eigenvalue weighted by Gasteiger charge is -2.37. The van der Waals surface area contributed by atoms with Gasteiger partial charge in [0.15, 0.2) is 5.69 Å². The number of morpholine rings is 1. The third-order valence-electron chi connectivity index (χ3n) is 8.06. The first-order valence-corrected chi connectivity index (χ1v) is 14.4.